The average Bonchev–Trinajstić information content (AvgIpc) is 3.11. The number of benzene rings is 1. The van der Waals surface area contributed by atoms with Gasteiger partial charge in [0, 0.05) is 11.6 Å². The number of hydrogen-bond donors (Lipinski definition) is 2. The van der Waals surface area contributed by atoms with Crippen LogP contribution in [0.3, 0.4) is 0 Å². The van der Waals surface area contributed by atoms with Gasteiger partial charge in [-0.05, 0) is 51.0 Å². The first kappa shape index (κ1) is 12.9. The van der Waals surface area contributed by atoms with Crippen LogP contribution in [0.5, 0.6) is 5.75 Å². The molecule has 0 unspecified atom stereocenters. The van der Waals surface area contributed by atoms with Crippen molar-refractivity contribution in [2.75, 3.05) is 11.9 Å². The second-order valence-corrected chi connectivity index (χ2v) is 5.39. The molecule has 4 heteroatoms. The third-order valence-corrected chi connectivity index (χ3v) is 2.66. The number of anilines is 1. The zero-order valence-corrected chi connectivity index (χ0v) is 10.8. The van der Waals surface area contributed by atoms with Crippen molar-refractivity contribution >= 4 is 11.6 Å². The standard InChI is InChI=1S/C14H19NO3/c1-14(2,17)9-18-12-7-5-11(6-8-12)15-13(16)10-3-4-10/h5-8,10,17H,3-4,9H2,1-2H3,(H,15,16). The molecule has 0 atom stereocenters. The van der Waals surface area contributed by atoms with Gasteiger partial charge in [-0.2, -0.15) is 0 Å². The van der Waals surface area contributed by atoms with E-state index in [2.05, 4.69) is 5.32 Å². The number of nitrogens with one attached hydrogen (secondary N) is 1. The van der Waals surface area contributed by atoms with Crippen LogP contribution in [0, 0.1) is 5.92 Å². The maximum Gasteiger partial charge on any atom is 0.227 e. The summed E-state index contributed by atoms with van der Waals surface area (Å²) in [6.07, 6.45) is 2.00. The van der Waals surface area contributed by atoms with E-state index < -0.39 is 5.60 Å². The Bertz CT molecular complexity index is 416. The largest absolute Gasteiger partial charge is 0.491 e. The number of carbonyl (C=O) groups excluding carboxylic acids is 1. The molecule has 1 aromatic carbocycles. The molecule has 2 N–H and O–H groups in total. The molecule has 0 radical (unpaired) electrons. The molecule has 0 heterocycles. The minimum atomic E-state index is -0.848. The summed E-state index contributed by atoms with van der Waals surface area (Å²) in [5, 5.41) is 12.4. The maximum absolute atomic E-state index is 11.5. The lowest BCUT2D eigenvalue weighted by molar-refractivity contribution is -0.117. The van der Waals surface area contributed by atoms with Crippen LogP contribution < -0.4 is 10.1 Å². The fourth-order valence-corrected chi connectivity index (χ4v) is 1.48. The van der Waals surface area contributed by atoms with Crippen LogP contribution in [0.2, 0.25) is 0 Å². The molecule has 4 nitrogen and oxygen atoms in total. The first-order chi connectivity index (χ1) is 8.44. The van der Waals surface area contributed by atoms with Gasteiger partial charge in [-0.1, -0.05) is 0 Å². The third kappa shape index (κ3) is 4.04. The van der Waals surface area contributed by atoms with Crippen LogP contribution in [0.4, 0.5) is 5.69 Å². The molecule has 0 spiro atoms. The second kappa shape index (κ2) is 4.98. The molecule has 1 saturated carbocycles. The number of carbonyl (C=O) groups is 1. The Morgan fingerprint density at radius 2 is 2.00 bits per heavy atom. The van der Waals surface area contributed by atoms with Gasteiger partial charge in [-0.3, -0.25) is 4.79 Å². The highest BCUT2D eigenvalue weighted by atomic mass is 16.5. The summed E-state index contributed by atoms with van der Waals surface area (Å²) in [4.78, 5) is 11.5. The molecular weight excluding hydrogens is 230 g/mol. The van der Waals surface area contributed by atoms with Gasteiger partial charge in [0.2, 0.25) is 5.91 Å². The van der Waals surface area contributed by atoms with Crippen LogP contribution in [0.25, 0.3) is 0 Å². The number of amides is 1. The lowest BCUT2D eigenvalue weighted by atomic mass is 10.2. The number of rotatable bonds is 5. The Balaban J connectivity index is 1.86. The highest BCUT2D eigenvalue weighted by Gasteiger charge is 2.29. The van der Waals surface area contributed by atoms with E-state index in [0.717, 1.165) is 18.5 Å². The summed E-state index contributed by atoms with van der Waals surface area (Å²) < 4.78 is 5.43. The zero-order chi connectivity index (χ0) is 13.2. The van der Waals surface area contributed by atoms with Crippen molar-refractivity contribution in [1.82, 2.24) is 0 Å². The van der Waals surface area contributed by atoms with Crippen LogP contribution in [0.15, 0.2) is 24.3 Å². The molecule has 1 fully saturated rings. The quantitative estimate of drug-likeness (QED) is 0.841. The van der Waals surface area contributed by atoms with Crippen molar-refractivity contribution < 1.29 is 14.6 Å². The van der Waals surface area contributed by atoms with Crippen molar-refractivity contribution in [2.45, 2.75) is 32.3 Å². The average molecular weight is 249 g/mol. The van der Waals surface area contributed by atoms with E-state index >= 15 is 0 Å². The number of ether oxygens (including phenoxy) is 1. The van der Waals surface area contributed by atoms with E-state index in [9.17, 15) is 9.90 Å². The predicted molar refractivity (Wildman–Crippen MR) is 69.6 cm³/mol. The zero-order valence-electron chi connectivity index (χ0n) is 10.8. The summed E-state index contributed by atoms with van der Waals surface area (Å²) in [5.41, 5.74) is -0.0683. The van der Waals surface area contributed by atoms with E-state index in [1.54, 1.807) is 38.1 Å². The fourth-order valence-electron chi connectivity index (χ4n) is 1.48. The van der Waals surface area contributed by atoms with E-state index in [1.165, 1.54) is 0 Å². The Morgan fingerprint density at radius 3 is 2.50 bits per heavy atom. The van der Waals surface area contributed by atoms with E-state index in [4.69, 9.17) is 4.74 Å². The van der Waals surface area contributed by atoms with Crippen molar-refractivity contribution in [1.29, 1.82) is 0 Å². The smallest absolute Gasteiger partial charge is 0.227 e. The minimum absolute atomic E-state index is 0.0974. The van der Waals surface area contributed by atoms with Crippen LogP contribution in [0.1, 0.15) is 26.7 Å². The Labute approximate surface area is 107 Å². The highest BCUT2D eigenvalue weighted by molar-refractivity contribution is 5.94. The molecule has 0 aromatic heterocycles. The van der Waals surface area contributed by atoms with Crippen LogP contribution >= 0.6 is 0 Å². The Kier molecular flexibility index (Phi) is 3.57. The predicted octanol–water partition coefficient (Wildman–Crippen LogP) is 2.18. The molecule has 98 valence electrons. The fraction of sp³-hybridized carbons (Fsp3) is 0.500. The molecule has 1 aliphatic rings. The lowest BCUT2D eigenvalue weighted by Gasteiger charge is -2.17. The molecule has 18 heavy (non-hydrogen) atoms. The van der Waals surface area contributed by atoms with Gasteiger partial charge < -0.3 is 15.2 Å². The van der Waals surface area contributed by atoms with Gasteiger partial charge in [-0.15, -0.1) is 0 Å². The maximum atomic E-state index is 11.5. The normalized spacial score (nSPS) is 15.3. The topological polar surface area (TPSA) is 58.6 Å². The molecule has 1 aliphatic carbocycles. The van der Waals surface area contributed by atoms with Gasteiger partial charge in [-0.25, -0.2) is 0 Å². The van der Waals surface area contributed by atoms with E-state index in [-0.39, 0.29) is 18.4 Å². The van der Waals surface area contributed by atoms with Gasteiger partial charge in [0.25, 0.3) is 0 Å². The molecule has 2 rings (SSSR count). The van der Waals surface area contributed by atoms with Crippen LogP contribution in [-0.2, 0) is 4.79 Å². The molecule has 1 amide bonds. The molecule has 0 saturated heterocycles. The second-order valence-electron chi connectivity index (χ2n) is 5.39. The summed E-state index contributed by atoms with van der Waals surface area (Å²) >= 11 is 0. The summed E-state index contributed by atoms with van der Waals surface area (Å²) in [5.74, 6) is 0.984. The van der Waals surface area contributed by atoms with Gasteiger partial charge in [0.1, 0.15) is 12.4 Å². The van der Waals surface area contributed by atoms with Crippen LogP contribution in [-0.4, -0.2) is 23.2 Å². The van der Waals surface area contributed by atoms with Gasteiger partial charge in [0.15, 0.2) is 0 Å². The van der Waals surface area contributed by atoms with E-state index in [0.29, 0.717) is 5.75 Å². The van der Waals surface area contributed by atoms with Crippen molar-refractivity contribution in [3.05, 3.63) is 24.3 Å². The summed E-state index contributed by atoms with van der Waals surface area (Å²) in [6, 6.07) is 7.18. The summed E-state index contributed by atoms with van der Waals surface area (Å²) in [7, 11) is 0. The minimum Gasteiger partial charge on any atom is -0.491 e. The number of aliphatic hydroxyl groups is 1. The Morgan fingerprint density at radius 1 is 1.39 bits per heavy atom. The highest BCUT2D eigenvalue weighted by Crippen LogP contribution is 2.30. The van der Waals surface area contributed by atoms with E-state index in [1.807, 2.05) is 0 Å². The van der Waals surface area contributed by atoms with Gasteiger partial charge >= 0.3 is 0 Å². The SMILES string of the molecule is CC(C)(O)COc1ccc(NC(=O)C2CC2)cc1. The third-order valence-electron chi connectivity index (χ3n) is 2.66. The van der Waals surface area contributed by atoms with Crippen molar-refractivity contribution in [2.24, 2.45) is 5.92 Å². The first-order valence-electron chi connectivity index (χ1n) is 6.20. The first-order valence-corrected chi connectivity index (χ1v) is 6.20. The van der Waals surface area contributed by atoms with Crippen molar-refractivity contribution in [3.8, 4) is 5.75 Å². The summed E-state index contributed by atoms with van der Waals surface area (Å²) in [6.45, 7) is 3.62. The lowest BCUT2D eigenvalue weighted by Crippen LogP contribution is -2.27. The Hall–Kier alpha value is -1.55. The molecule has 1 aromatic rings. The number of hydrogen-bond acceptors (Lipinski definition) is 3. The molecule has 0 aliphatic heterocycles. The molecule has 0 bridgehead atoms. The van der Waals surface area contributed by atoms with Crippen molar-refractivity contribution in [3.63, 3.8) is 0 Å². The monoisotopic (exact) mass is 249 g/mol. The molecular formula is C14H19NO3. The van der Waals surface area contributed by atoms with Gasteiger partial charge in [0.05, 0.1) is 5.60 Å².